The number of H-pyrrole nitrogens is 1. The number of methoxy groups -OCH3 is 1. The number of carboxylic acids is 4. The number of carbonyl (C=O) groups is 20. The van der Waals surface area contributed by atoms with Crippen molar-refractivity contribution in [1.82, 2.24) is 74.1 Å². The quantitative estimate of drug-likeness (QED) is 0.0226. The number of benzene rings is 1. The lowest BCUT2D eigenvalue weighted by molar-refractivity contribution is -0.158. The van der Waals surface area contributed by atoms with Crippen LogP contribution in [0.1, 0.15) is 144 Å². The number of aromatic amines is 1. The summed E-state index contributed by atoms with van der Waals surface area (Å²) < 4.78 is 10.6. The number of ether oxygens (including phenoxy) is 2. The van der Waals surface area contributed by atoms with Crippen LogP contribution >= 0.6 is 0 Å². The maximum Gasteiger partial charge on any atom is 0.335 e. The summed E-state index contributed by atoms with van der Waals surface area (Å²) in [6, 6.07) is -15.2. The first kappa shape index (κ1) is 95.3. The summed E-state index contributed by atoms with van der Waals surface area (Å²) >= 11 is 0. The molecule has 113 heavy (non-hydrogen) atoms. The Bertz CT molecular complexity index is 3780. The van der Waals surface area contributed by atoms with Gasteiger partial charge in [0.2, 0.25) is 88.6 Å². The Kier molecular flexibility index (Phi) is 39.9. The number of unbranched alkanes of at least 4 members (excludes halogenated alkanes) is 3. The second-order valence-corrected chi connectivity index (χ2v) is 27.6. The molecule has 1 aliphatic rings. The summed E-state index contributed by atoms with van der Waals surface area (Å²) in [5, 5.41) is 69.1. The van der Waals surface area contributed by atoms with Crippen molar-refractivity contribution in [2.24, 2.45) is 35.0 Å². The molecule has 1 fully saturated rings. The van der Waals surface area contributed by atoms with E-state index in [4.69, 9.17) is 26.7 Å². The Morgan fingerprint density at radius 3 is 1.70 bits per heavy atom. The zero-order valence-corrected chi connectivity index (χ0v) is 63.9. The van der Waals surface area contributed by atoms with Crippen LogP contribution in [0, 0.1) is 17.8 Å². The number of para-hydroxylation sites is 1. The third-order valence-electron chi connectivity index (χ3n) is 17.9. The summed E-state index contributed by atoms with van der Waals surface area (Å²) in [7, 11) is 0.796. The molecule has 0 bridgehead atoms. The molecule has 1 aromatic heterocycles. The van der Waals surface area contributed by atoms with Gasteiger partial charge in [-0.05, 0) is 69.0 Å². The minimum atomic E-state index is -2.34. The zero-order chi connectivity index (χ0) is 85.1. The van der Waals surface area contributed by atoms with Gasteiger partial charge in [0.1, 0.15) is 72.6 Å². The lowest BCUT2D eigenvalue weighted by atomic mass is 9.94. The first-order valence-corrected chi connectivity index (χ1v) is 36.4. The van der Waals surface area contributed by atoms with Crippen LogP contribution in [0.2, 0.25) is 0 Å². The van der Waals surface area contributed by atoms with Gasteiger partial charge in [0.15, 0.2) is 6.10 Å². The Labute approximate surface area is 648 Å². The van der Waals surface area contributed by atoms with Crippen LogP contribution in [0.25, 0.3) is 10.9 Å². The van der Waals surface area contributed by atoms with Crippen LogP contribution in [-0.2, 0) is 112 Å². The second kappa shape index (κ2) is 47.3. The van der Waals surface area contributed by atoms with E-state index < -0.39 is 254 Å². The number of hydrogen-bond donors (Lipinski definition) is 21. The molecular weight excluding hydrogens is 1490 g/mol. The van der Waals surface area contributed by atoms with E-state index in [1.807, 2.05) is 10.6 Å². The normalized spacial score (nSPS) is 22.0. The topological polar surface area (TPSA) is 691 Å². The maximum atomic E-state index is 14.7. The van der Waals surface area contributed by atoms with E-state index in [0.29, 0.717) is 35.2 Å². The highest BCUT2D eigenvalue weighted by molar-refractivity contribution is 6.02. The largest absolute Gasteiger partial charge is 0.481 e. The standard InChI is InChI=1S/C70H105N17O26/c1-9-33(4)55-70(111)113-36(7)56(86-65(105)45(28-53(97)98)83-63(103)43(26-47(73)89)81-62(102)41(24-37-29-74-39-19-15-14-18-38(37)39)79-48(90)21-13-11-10-12-17-32(2)3)66(106)75-30-49(91)78-40(20-16-22-71)60(100)82-44(27-52(95)96)61(101)77-35(6)59(99)87-57(58(112-8)69(109)110)67(107)76-31-50(92)80-42(25-46(72)88)64(104)84-54(68(108)85-55)34(5)23-51(93)94/h14-15,18-19,29,32-36,40-45,54-58,74H,9-13,16-17,20-28,30-31,71H2,1-8H3,(H2,72,88)(H2,73,89)(H,75,106)(H,76,107)(H,77,101)(H,78,91)(H,79,90)(H,80,92)(H,81,102)(H,82,100)(H,83,103)(H,84,104)(H,85,108)(H,86,105)(H,87,99)(H,93,94)(H,95,96)(H,97,98)(H,109,110). The molecule has 15 unspecified atom stereocenters. The number of hydrogen-bond acceptors (Lipinski definition) is 23. The average molecular weight is 1600 g/mol. The molecule has 1 saturated heterocycles. The molecule has 2 aromatic rings. The number of carbonyl (C=O) groups excluding carboxylic acids is 16. The number of nitrogens with two attached hydrogens (primary N) is 3. The van der Waals surface area contributed by atoms with Crippen LogP contribution in [0.4, 0.5) is 0 Å². The van der Waals surface area contributed by atoms with Gasteiger partial charge < -0.3 is 121 Å². The number of amides is 15. The van der Waals surface area contributed by atoms with Gasteiger partial charge in [0.05, 0.1) is 45.2 Å². The number of primary amides is 2. The molecule has 1 aromatic carbocycles. The fraction of sp³-hybridized carbons (Fsp3) is 0.600. The first-order chi connectivity index (χ1) is 53.1. The maximum absolute atomic E-state index is 14.7. The molecule has 0 saturated carbocycles. The highest BCUT2D eigenvalue weighted by Gasteiger charge is 2.42. The van der Waals surface area contributed by atoms with Gasteiger partial charge in [0, 0.05) is 37.1 Å². The van der Waals surface area contributed by atoms with Crippen LogP contribution < -0.4 is 86.3 Å². The zero-order valence-electron chi connectivity index (χ0n) is 63.9. The molecule has 43 heteroatoms. The van der Waals surface area contributed by atoms with Crippen molar-refractivity contribution in [3.05, 3.63) is 36.0 Å². The van der Waals surface area contributed by atoms with Crippen LogP contribution in [-0.4, -0.2) is 249 Å². The van der Waals surface area contributed by atoms with Gasteiger partial charge in [-0.25, -0.2) is 9.59 Å². The van der Waals surface area contributed by atoms with E-state index in [2.05, 4.69) is 77.3 Å². The van der Waals surface area contributed by atoms with E-state index in [9.17, 15) is 116 Å². The van der Waals surface area contributed by atoms with Crippen molar-refractivity contribution < 1.29 is 126 Å². The Balaban J connectivity index is 2.25. The van der Waals surface area contributed by atoms with Gasteiger partial charge in [-0.2, -0.15) is 0 Å². The Hall–Kier alpha value is -11.9. The minimum absolute atomic E-state index is 0.00990. The number of aromatic nitrogens is 1. The Morgan fingerprint density at radius 2 is 1.12 bits per heavy atom. The molecule has 15 atom stereocenters. The Morgan fingerprint density at radius 1 is 0.566 bits per heavy atom. The number of aliphatic carboxylic acids is 4. The van der Waals surface area contributed by atoms with Crippen LogP contribution in [0.5, 0.6) is 0 Å². The summed E-state index contributed by atoms with van der Waals surface area (Å²) in [6.45, 7) is 7.54. The van der Waals surface area contributed by atoms with Gasteiger partial charge in [-0.1, -0.05) is 84.9 Å². The summed E-state index contributed by atoms with van der Waals surface area (Å²) in [4.78, 5) is 275. The molecule has 0 spiro atoms. The highest BCUT2D eigenvalue weighted by atomic mass is 16.5. The number of carboxylic acid groups (broad SMARTS) is 4. The van der Waals surface area contributed by atoms with Crippen LogP contribution in [0.3, 0.4) is 0 Å². The molecule has 15 amide bonds. The second-order valence-electron chi connectivity index (χ2n) is 27.6. The van der Waals surface area contributed by atoms with Gasteiger partial charge in [-0.15, -0.1) is 0 Å². The molecule has 626 valence electrons. The van der Waals surface area contributed by atoms with E-state index in [0.717, 1.165) is 47.1 Å². The monoisotopic (exact) mass is 1600 g/mol. The lowest BCUT2D eigenvalue weighted by Crippen LogP contribution is -2.62. The molecule has 0 aliphatic carbocycles. The van der Waals surface area contributed by atoms with Crippen molar-refractivity contribution in [2.75, 3.05) is 26.7 Å². The summed E-state index contributed by atoms with van der Waals surface area (Å²) in [5.41, 5.74) is 17.9. The molecule has 24 N–H and O–H groups in total. The van der Waals surface area contributed by atoms with E-state index in [1.165, 1.54) is 13.8 Å². The molecule has 43 nitrogen and oxygen atoms in total. The van der Waals surface area contributed by atoms with Crippen molar-refractivity contribution >= 4 is 129 Å². The third-order valence-corrected chi connectivity index (χ3v) is 17.9. The molecule has 3 rings (SSSR count). The van der Waals surface area contributed by atoms with Gasteiger partial charge in [-0.3, -0.25) is 86.3 Å². The first-order valence-electron chi connectivity index (χ1n) is 36.4. The summed E-state index contributed by atoms with van der Waals surface area (Å²) in [6.07, 6.45) is -5.11. The van der Waals surface area contributed by atoms with E-state index in [-0.39, 0.29) is 38.6 Å². The molecule has 2 heterocycles. The number of esters is 1. The SMILES string of the molecule is CCC(C)C1NC(=O)C(C(C)CC(=O)O)NC(=O)C(CC(N)=O)NC(=O)CNC(=O)C(C(OC)C(=O)O)NC(=O)C(C)NC(=O)C(CC(=O)O)NC(=O)C(CCCN)NC(=O)CNC(=O)C(NC(=O)C(CC(=O)O)NC(=O)C(CC(N)=O)NC(=O)C(Cc2c[nH]c3ccccc23)NC(=O)CCCCCCC(C)C)C(C)OC1=O. The summed E-state index contributed by atoms with van der Waals surface area (Å²) in [5.74, 6) is -30.1. The van der Waals surface area contributed by atoms with Crippen molar-refractivity contribution in [3.8, 4) is 0 Å². The average Bonchev–Trinajstić information content (AvgIpc) is 1.39. The molecule has 0 radical (unpaired) electrons. The predicted molar refractivity (Wildman–Crippen MR) is 393 cm³/mol. The third kappa shape index (κ3) is 32.9. The number of cyclic esters (lactones) is 1. The smallest absolute Gasteiger partial charge is 0.335 e. The van der Waals surface area contributed by atoms with E-state index in [1.54, 1.807) is 30.5 Å². The number of fused-ring (bicyclic) bond motifs is 1. The molecular formula is C70H105N17O26. The lowest BCUT2D eigenvalue weighted by Gasteiger charge is -2.31. The van der Waals surface area contributed by atoms with Gasteiger partial charge >= 0.3 is 29.8 Å². The predicted octanol–water partition coefficient (Wildman–Crippen LogP) is -6.07. The number of rotatable bonds is 35. The molecule has 1 aliphatic heterocycles. The minimum Gasteiger partial charge on any atom is -0.481 e. The van der Waals surface area contributed by atoms with E-state index >= 15 is 0 Å². The highest BCUT2D eigenvalue weighted by Crippen LogP contribution is 2.21. The fourth-order valence-corrected chi connectivity index (χ4v) is 11.5. The van der Waals surface area contributed by atoms with Crippen LogP contribution in [0.15, 0.2) is 30.5 Å². The fourth-order valence-electron chi connectivity index (χ4n) is 11.5. The van der Waals surface area contributed by atoms with Crippen molar-refractivity contribution in [1.29, 1.82) is 0 Å². The van der Waals surface area contributed by atoms with Crippen molar-refractivity contribution in [3.63, 3.8) is 0 Å². The number of nitrogens with one attached hydrogen (secondary N) is 14. The van der Waals surface area contributed by atoms with Crippen molar-refractivity contribution in [2.45, 2.75) is 223 Å². The van der Waals surface area contributed by atoms with Gasteiger partial charge in [0.25, 0.3) is 0 Å².